The summed E-state index contributed by atoms with van der Waals surface area (Å²) in [5, 5.41) is 5.05. The van der Waals surface area contributed by atoms with Crippen molar-refractivity contribution in [1.29, 1.82) is 0 Å². The minimum atomic E-state index is -0.136. The Morgan fingerprint density at radius 1 is 0.583 bits per heavy atom. The molecule has 172 valence electrons. The van der Waals surface area contributed by atoms with E-state index in [1.165, 1.54) is 38.4 Å². The molecular weight excluding hydrogens is 462 g/mol. The molecular formula is C32H22ClN3. The first-order valence-electron chi connectivity index (χ1n) is 12.1. The third-order valence-corrected chi connectivity index (χ3v) is 7.61. The van der Waals surface area contributed by atoms with Crippen LogP contribution in [0.15, 0.2) is 97.1 Å². The highest BCUT2D eigenvalue weighted by molar-refractivity contribution is 6.28. The van der Waals surface area contributed by atoms with E-state index in [0.29, 0.717) is 11.6 Å². The third kappa shape index (κ3) is 3.16. The van der Waals surface area contributed by atoms with E-state index in [1.807, 2.05) is 18.2 Å². The van der Waals surface area contributed by atoms with Crippen molar-refractivity contribution in [2.24, 2.45) is 0 Å². The van der Waals surface area contributed by atoms with E-state index < -0.39 is 0 Å². The Morgan fingerprint density at radius 2 is 1.22 bits per heavy atom. The number of aromatic nitrogens is 3. The van der Waals surface area contributed by atoms with E-state index in [9.17, 15) is 0 Å². The fourth-order valence-electron chi connectivity index (χ4n) is 5.58. The Morgan fingerprint density at radius 3 is 2.03 bits per heavy atom. The maximum atomic E-state index is 6.42. The van der Waals surface area contributed by atoms with Crippen molar-refractivity contribution in [2.45, 2.75) is 19.3 Å². The second-order valence-corrected chi connectivity index (χ2v) is 10.2. The van der Waals surface area contributed by atoms with E-state index in [4.69, 9.17) is 16.6 Å². The molecule has 5 aromatic carbocycles. The number of benzene rings is 5. The lowest BCUT2D eigenvalue weighted by Gasteiger charge is -2.22. The Kier molecular flexibility index (Phi) is 4.54. The number of hydrogen-bond donors (Lipinski definition) is 0. The quantitative estimate of drug-likeness (QED) is 0.248. The van der Waals surface area contributed by atoms with Gasteiger partial charge in [0.1, 0.15) is 0 Å². The molecule has 0 radical (unpaired) electrons. The first kappa shape index (κ1) is 21.2. The lowest BCUT2D eigenvalue weighted by atomic mass is 9.81. The van der Waals surface area contributed by atoms with Gasteiger partial charge in [0.15, 0.2) is 11.6 Å². The molecule has 7 rings (SSSR count). The van der Waals surface area contributed by atoms with Gasteiger partial charge in [0, 0.05) is 16.5 Å². The molecule has 0 bridgehead atoms. The molecule has 0 saturated carbocycles. The van der Waals surface area contributed by atoms with E-state index in [1.54, 1.807) is 0 Å². The summed E-state index contributed by atoms with van der Waals surface area (Å²) in [6.45, 7) is 4.58. The predicted octanol–water partition coefficient (Wildman–Crippen LogP) is 8.47. The van der Waals surface area contributed by atoms with Crippen molar-refractivity contribution in [3.05, 3.63) is 113 Å². The van der Waals surface area contributed by atoms with Crippen LogP contribution in [0.4, 0.5) is 0 Å². The average Bonchev–Trinajstić information content (AvgIpc) is 3.14. The van der Waals surface area contributed by atoms with Crippen molar-refractivity contribution >= 4 is 33.1 Å². The zero-order valence-electron chi connectivity index (χ0n) is 20.0. The molecule has 6 aromatic rings. The summed E-state index contributed by atoms with van der Waals surface area (Å²) in [6, 6.07) is 34.1. The summed E-state index contributed by atoms with van der Waals surface area (Å²) < 4.78 is 0. The molecule has 3 nitrogen and oxygen atoms in total. The largest absolute Gasteiger partial charge is 0.226 e. The molecule has 0 amide bonds. The van der Waals surface area contributed by atoms with Gasteiger partial charge in [-0.15, -0.1) is 0 Å². The van der Waals surface area contributed by atoms with Crippen LogP contribution in [-0.4, -0.2) is 15.0 Å². The zero-order chi connectivity index (χ0) is 24.4. The fourth-order valence-corrected chi connectivity index (χ4v) is 5.74. The van der Waals surface area contributed by atoms with Crippen LogP contribution in [0.25, 0.3) is 55.4 Å². The maximum absolute atomic E-state index is 6.42. The molecule has 0 unspecified atom stereocenters. The van der Waals surface area contributed by atoms with Crippen molar-refractivity contribution in [2.75, 3.05) is 0 Å². The van der Waals surface area contributed by atoms with Crippen LogP contribution in [0.5, 0.6) is 0 Å². The van der Waals surface area contributed by atoms with Gasteiger partial charge in [-0.05, 0) is 67.5 Å². The van der Waals surface area contributed by atoms with Gasteiger partial charge < -0.3 is 0 Å². The Hall–Kier alpha value is -4.08. The van der Waals surface area contributed by atoms with Crippen molar-refractivity contribution < 1.29 is 0 Å². The van der Waals surface area contributed by atoms with Gasteiger partial charge in [-0.25, -0.2) is 4.98 Å². The molecule has 0 aliphatic heterocycles. The van der Waals surface area contributed by atoms with Crippen LogP contribution < -0.4 is 0 Å². The Labute approximate surface area is 214 Å². The van der Waals surface area contributed by atoms with Gasteiger partial charge in [-0.3, -0.25) is 0 Å². The number of halogens is 1. The van der Waals surface area contributed by atoms with E-state index in [0.717, 1.165) is 16.5 Å². The van der Waals surface area contributed by atoms with Crippen LogP contribution in [-0.2, 0) is 5.41 Å². The summed E-state index contributed by atoms with van der Waals surface area (Å²) >= 11 is 6.42. The lowest BCUT2D eigenvalue weighted by Crippen LogP contribution is -2.15. The normalized spacial score (nSPS) is 13.6. The number of hydrogen-bond acceptors (Lipinski definition) is 3. The SMILES string of the molecule is CC1(C)c2cc(-c3nc(Cl)nc(-c4ccc5ccccc5c4)n3)ccc2-c2c1ccc1ccccc21. The highest BCUT2D eigenvalue weighted by Gasteiger charge is 2.36. The smallest absolute Gasteiger partial charge is 0.208 e. The number of rotatable bonds is 2. The standard InChI is InChI=1S/C32H22ClN3/c1-32(2)26-16-14-20-8-5-6-10-24(20)28(26)25-15-13-23(18-27(25)32)30-34-29(35-31(33)36-30)22-12-11-19-7-3-4-9-21(19)17-22/h3-18H,1-2H3. The van der Waals surface area contributed by atoms with E-state index in [2.05, 4.69) is 103 Å². The minimum absolute atomic E-state index is 0.136. The minimum Gasteiger partial charge on any atom is -0.208 e. The molecule has 0 saturated heterocycles. The molecule has 1 aliphatic rings. The lowest BCUT2D eigenvalue weighted by molar-refractivity contribution is 0.661. The van der Waals surface area contributed by atoms with Gasteiger partial charge in [0.25, 0.3) is 0 Å². The Bertz CT molecular complexity index is 1840. The van der Waals surface area contributed by atoms with Crippen molar-refractivity contribution in [1.82, 2.24) is 15.0 Å². The molecule has 4 heteroatoms. The maximum Gasteiger partial charge on any atom is 0.226 e. The first-order valence-corrected chi connectivity index (χ1v) is 12.5. The van der Waals surface area contributed by atoms with E-state index >= 15 is 0 Å². The first-order chi connectivity index (χ1) is 17.5. The molecule has 1 heterocycles. The second kappa shape index (κ2) is 7.71. The molecule has 0 N–H and O–H groups in total. The molecule has 0 atom stereocenters. The topological polar surface area (TPSA) is 38.7 Å². The summed E-state index contributed by atoms with van der Waals surface area (Å²) in [4.78, 5) is 13.8. The summed E-state index contributed by atoms with van der Waals surface area (Å²) in [5.41, 5.74) is 6.93. The Balaban J connectivity index is 1.38. The molecule has 0 spiro atoms. The molecule has 0 fully saturated rings. The van der Waals surface area contributed by atoms with Crippen molar-refractivity contribution in [3.63, 3.8) is 0 Å². The van der Waals surface area contributed by atoms with Gasteiger partial charge >= 0.3 is 0 Å². The van der Waals surface area contributed by atoms with Crippen molar-refractivity contribution in [3.8, 4) is 33.9 Å². The number of fused-ring (bicyclic) bond motifs is 6. The van der Waals surface area contributed by atoms with Gasteiger partial charge in [-0.1, -0.05) is 98.8 Å². The van der Waals surface area contributed by atoms with E-state index in [-0.39, 0.29) is 10.7 Å². The van der Waals surface area contributed by atoms with Gasteiger partial charge in [-0.2, -0.15) is 9.97 Å². The van der Waals surface area contributed by atoms with Crippen LogP contribution >= 0.6 is 11.6 Å². The van der Waals surface area contributed by atoms with Crippen LogP contribution in [0.2, 0.25) is 5.28 Å². The van der Waals surface area contributed by atoms with Crippen LogP contribution in [0, 0.1) is 0 Å². The summed E-state index contributed by atoms with van der Waals surface area (Å²) in [7, 11) is 0. The summed E-state index contributed by atoms with van der Waals surface area (Å²) in [5.74, 6) is 1.15. The molecule has 36 heavy (non-hydrogen) atoms. The monoisotopic (exact) mass is 483 g/mol. The summed E-state index contributed by atoms with van der Waals surface area (Å²) in [6.07, 6.45) is 0. The second-order valence-electron chi connectivity index (χ2n) is 9.91. The number of nitrogens with zero attached hydrogens (tertiary/aromatic N) is 3. The zero-order valence-corrected chi connectivity index (χ0v) is 20.7. The van der Waals surface area contributed by atoms with Crippen LogP contribution in [0.1, 0.15) is 25.0 Å². The molecule has 1 aromatic heterocycles. The predicted molar refractivity (Wildman–Crippen MR) is 148 cm³/mol. The highest BCUT2D eigenvalue weighted by atomic mass is 35.5. The average molecular weight is 484 g/mol. The third-order valence-electron chi connectivity index (χ3n) is 7.44. The highest BCUT2D eigenvalue weighted by Crippen LogP contribution is 2.51. The van der Waals surface area contributed by atoms with Crippen LogP contribution in [0.3, 0.4) is 0 Å². The molecule has 1 aliphatic carbocycles. The fraction of sp³-hybridized carbons (Fsp3) is 0.0938. The van der Waals surface area contributed by atoms with Gasteiger partial charge in [0.2, 0.25) is 5.28 Å². The van der Waals surface area contributed by atoms with Gasteiger partial charge in [0.05, 0.1) is 0 Å².